The molecule has 0 aliphatic heterocycles. The number of non-ortho nitro benzene ring substituents is 1. The number of carboxylic acids is 2. The van der Waals surface area contributed by atoms with E-state index < -0.39 is 29.3 Å². The van der Waals surface area contributed by atoms with Crippen LogP contribution in [-0.2, 0) is 9.59 Å². The lowest BCUT2D eigenvalue weighted by atomic mass is 10.1. The highest BCUT2D eigenvalue weighted by molar-refractivity contribution is 5.76. The second-order valence-electron chi connectivity index (χ2n) is 4.74. The van der Waals surface area contributed by atoms with E-state index >= 15 is 0 Å². The Morgan fingerprint density at radius 2 is 2.00 bits per heavy atom. The van der Waals surface area contributed by atoms with Crippen molar-refractivity contribution in [3.63, 3.8) is 0 Å². The smallest absolute Gasteiger partial charge is 0.323 e. The van der Waals surface area contributed by atoms with Crippen LogP contribution in [0.4, 0.5) is 11.4 Å². The van der Waals surface area contributed by atoms with Gasteiger partial charge in [-0.15, -0.1) is 0 Å². The maximum absolute atomic E-state index is 10.9. The molecule has 0 saturated carbocycles. The van der Waals surface area contributed by atoms with E-state index in [1.807, 2.05) is 0 Å². The number of nitro benzene ring substituents is 1. The van der Waals surface area contributed by atoms with Crippen LogP contribution in [0.15, 0.2) is 18.2 Å². The van der Waals surface area contributed by atoms with Crippen LogP contribution in [0.1, 0.15) is 12.5 Å². The third-order valence-electron chi connectivity index (χ3n) is 2.99. The fourth-order valence-electron chi connectivity index (χ4n) is 1.87. The van der Waals surface area contributed by atoms with Gasteiger partial charge in [-0.1, -0.05) is 13.0 Å². The molecule has 1 rings (SSSR count). The zero-order chi connectivity index (χ0) is 16.2. The van der Waals surface area contributed by atoms with Gasteiger partial charge in [0.1, 0.15) is 6.54 Å². The van der Waals surface area contributed by atoms with Crippen molar-refractivity contribution in [1.82, 2.24) is 0 Å². The Morgan fingerprint density at radius 1 is 1.38 bits per heavy atom. The molecule has 1 aromatic carbocycles. The van der Waals surface area contributed by atoms with Gasteiger partial charge < -0.3 is 15.1 Å². The third kappa shape index (κ3) is 4.44. The quantitative estimate of drug-likeness (QED) is 0.577. The zero-order valence-corrected chi connectivity index (χ0v) is 11.6. The highest BCUT2D eigenvalue weighted by Crippen LogP contribution is 2.26. The SMILES string of the molecule is Cc1ccc([N+](=O)[O-])cc1N(CC(=O)O)CC(C)C(=O)O. The third-order valence-corrected chi connectivity index (χ3v) is 2.99. The largest absolute Gasteiger partial charge is 0.481 e. The molecule has 8 heteroatoms. The molecule has 0 spiro atoms. The number of benzene rings is 1. The molecule has 2 N–H and O–H groups in total. The first-order valence-corrected chi connectivity index (χ1v) is 6.17. The molecule has 1 unspecified atom stereocenters. The van der Waals surface area contributed by atoms with Gasteiger partial charge in [0.15, 0.2) is 0 Å². The molecule has 0 aromatic heterocycles. The number of anilines is 1. The van der Waals surface area contributed by atoms with Crippen molar-refractivity contribution in [3.05, 3.63) is 33.9 Å². The predicted molar refractivity (Wildman–Crippen MR) is 74.5 cm³/mol. The van der Waals surface area contributed by atoms with Crippen LogP contribution in [0.5, 0.6) is 0 Å². The molecule has 0 saturated heterocycles. The molecule has 1 atom stereocenters. The van der Waals surface area contributed by atoms with Gasteiger partial charge in [-0.05, 0) is 12.5 Å². The van der Waals surface area contributed by atoms with E-state index in [0.29, 0.717) is 11.3 Å². The number of rotatable bonds is 7. The molecule has 0 aliphatic rings. The Morgan fingerprint density at radius 3 is 2.48 bits per heavy atom. The summed E-state index contributed by atoms with van der Waals surface area (Å²) in [6.07, 6.45) is 0. The number of hydrogen-bond donors (Lipinski definition) is 2. The molecule has 0 radical (unpaired) electrons. The topological polar surface area (TPSA) is 121 Å². The average molecular weight is 296 g/mol. The first kappa shape index (κ1) is 16.4. The van der Waals surface area contributed by atoms with Crippen LogP contribution >= 0.6 is 0 Å². The van der Waals surface area contributed by atoms with E-state index in [2.05, 4.69) is 0 Å². The Bertz CT molecular complexity index is 572. The van der Waals surface area contributed by atoms with Gasteiger partial charge >= 0.3 is 11.9 Å². The van der Waals surface area contributed by atoms with Crippen molar-refractivity contribution < 1.29 is 24.7 Å². The molecule has 8 nitrogen and oxygen atoms in total. The van der Waals surface area contributed by atoms with E-state index in [9.17, 15) is 19.7 Å². The lowest BCUT2D eigenvalue weighted by molar-refractivity contribution is -0.384. The van der Waals surface area contributed by atoms with Gasteiger partial charge in [-0.2, -0.15) is 0 Å². The number of nitrogens with zero attached hydrogens (tertiary/aromatic N) is 2. The summed E-state index contributed by atoms with van der Waals surface area (Å²) in [5.74, 6) is -3.00. The molecule has 21 heavy (non-hydrogen) atoms. The minimum atomic E-state index is -1.14. The zero-order valence-electron chi connectivity index (χ0n) is 11.6. The summed E-state index contributed by atoms with van der Waals surface area (Å²) >= 11 is 0. The van der Waals surface area contributed by atoms with Crippen LogP contribution in [0, 0.1) is 23.0 Å². The van der Waals surface area contributed by atoms with E-state index in [1.165, 1.54) is 30.0 Å². The number of aliphatic carboxylic acids is 2. The van der Waals surface area contributed by atoms with Gasteiger partial charge in [0.05, 0.1) is 10.8 Å². The lowest BCUT2D eigenvalue weighted by Crippen LogP contribution is -2.36. The van der Waals surface area contributed by atoms with Gasteiger partial charge in [-0.25, -0.2) is 0 Å². The molecule has 0 heterocycles. The average Bonchev–Trinajstić information content (AvgIpc) is 2.37. The second-order valence-corrected chi connectivity index (χ2v) is 4.74. The van der Waals surface area contributed by atoms with Crippen molar-refractivity contribution in [2.75, 3.05) is 18.0 Å². The number of nitro groups is 1. The van der Waals surface area contributed by atoms with Gasteiger partial charge in [0.25, 0.3) is 5.69 Å². The number of hydrogen-bond acceptors (Lipinski definition) is 5. The molecule has 0 amide bonds. The Kier molecular flexibility index (Phi) is 5.23. The normalized spacial score (nSPS) is 11.7. The Hall–Kier alpha value is -2.64. The standard InChI is InChI=1S/C13H16N2O6/c1-8-3-4-10(15(20)21)5-11(8)14(7-12(16)17)6-9(2)13(18)19/h3-5,9H,6-7H2,1-2H3,(H,16,17)(H,18,19). The molecule has 0 aliphatic carbocycles. The first-order valence-electron chi connectivity index (χ1n) is 6.17. The summed E-state index contributed by atoms with van der Waals surface area (Å²) in [5.41, 5.74) is 0.813. The summed E-state index contributed by atoms with van der Waals surface area (Å²) in [6, 6.07) is 4.08. The Labute approximate surface area is 120 Å². The van der Waals surface area contributed by atoms with E-state index in [1.54, 1.807) is 6.92 Å². The summed E-state index contributed by atoms with van der Waals surface area (Å²) in [7, 11) is 0. The predicted octanol–water partition coefficient (Wildman–Crippen LogP) is 1.51. The van der Waals surface area contributed by atoms with Gasteiger partial charge in [0.2, 0.25) is 0 Å². The Balaban J connectivity index is 3.18. The molecule has 1 aromatic rings. The first-order chi connectivity index (χ1) is 9.72. The number of carbonyl (C=O) groups is 2. The van der Waals surface area contributed by atoms with Crippen LogP contribution in [0.2, 0.25) is 0 Å². The van der Waals surface area contributed by atoms with Gasteiger partial charge in [-0.3, -0.25) is 19.7 Å². The molecule has 114 valence electrons. The van der Waals surface area contributed by atoms with E-state index in [4.69, 9.17) is 10.2 Å². The minimum Gasteiger partial charge on any atom is -0.481 e. The van der Waals surface area contributed by atoms with Crippen LogP contribution < -0.4 is 4.90 Å². The van der Waals surface area contributed by atoms with Crippen molar-refractivity contribution in [2.24, 2.45) is 5.92 Å². The summed E-state index contributed by atoms with van der Waals surface area (Å²) < 4.78 is 0. The molecule has 0 fully saturated rings. The van der Waals surface area contributed by atoms with Crippen LogP contribution in [-0.4, -0.2) is 40.2 Å². The number of carboxylic acid groups (broad SMARTS) is 2. The van der Waals surface area contributed by atoms with Crippen molar-refractivity contribution in [1.29, 1.82) is 0 Å². The fourth-order valence-corrected chi connectivity index (χ4v) is 1.87. The highest BCUT2D eigenvalue weighted by atomic mass is 16.6. The maximum atomic E-state index is 10.9. The fraction of sp³-hybridized carbons (Fsp3) is 0.385. The summed E-state index contributed by atoms with van der Waals surface area (Å²) in [4.78, 5) is 33.4. The van der Waals surface area contributed by atoms with Crippen LogP contribution in [0.25, 0.3) is 0 Å². The van der Waals surface area contributed by atoms with Crippen molar-refractivity contribution in [3.8, 4) is 0 Å². The summed E-state index contributed by atoms with van der Waals surface area (Å²) in [5, 5.41) is 28.7. The van der Waals surface area contributed by atoms with E-state index in [-0.39, 0.29) is 12.2 Å². The monoisotopic (exact) mass is 296 g/mol. The summed E-state index contributed by atoms with van der Waals surface area (Å²) in [6.45, 7) is 2.65. The van der Waals surface area contributed by atoms with Crippen molar-refractivity contribution in [2.45, 2.75) is 13.8 Å². The molecular formula is C13H16N2O6. The molecular weight excluding hydrogens is 280 g/mol. The lowest BCUT2D eigenvalue weighted by Gasteiger charge is -2.26. The van der Waals surface area contributed by atoms with Gasteiger partial charge in [0, 0.05) is 24.4 Å². The minimum absolute atomic E-state index is 0.0519. The molecule has 0 bridgehead atoms. The number of aryl methyl sites for hydroxylation is 1. The van der Waals surface area contributed by atoms with E-state index in [0.717, 1.165) is 0 Å². The second kappa shape index (κ2) is 6.69. The highest BCUT2D eigenvalue weighted by Gasteiger charge is 2.21. The van der Waals surface area contributed by atoms with Crippen molar-refractivity contribution >= 4 is 23.3 Å². The maximum Gasteiger partial charge on any atom is 0.323 e. The van der Waals surface area contributed by atoms with Crippen LogP contribution in [0.3, 0.4) is 0 Å².